The molecule has 0 aromatic heterocycles. The summed E-state index contributed by atoms with van der Waals surface area (Å²) in [4.78, 5) is 15.2. The first-order valence-corrected chi connectivity index (χ1v) is 10.1. The molecule has 0 radical (unpaired) electrons. The average molecular weight is 442 g/mol. The summed E-state index contributed by atoms with van der Waals surface area (Å²) in [5, 5.41) is 2.05. The summed E-state index contributed by atoms with van der Waals surface area (Å²) < 4.78 is 20.2. The smallest absolute Gasteiger partial charge is 0.231 e. The molecule has 1 aliphatic heterocycles. The Labute approximate surface area is 172 Å². The minimum atomic E-state index is -0.262. The molecule has 1 atom stereocenters. The predicted octanol–water partition coefficient (Wildman–Crippen LogP) is 5.66. The number of amides is 1. The molecule has 28 heavy (non-hydrogen) atoms. The van der Waals surface area contributed by atoms with Crippen molar-refractivity contribution >= 4 is 38.3 Å². The zero-order chi connectivity index (χ0) is 19.8. The predicted molar refractivity (Wildman–Crippen MR) is 114 cm³/mol. The first kappa shape index (κ1) is 18.9. The number of methoxy groups -OCH3 is 1. The Morgan fingerprint density at radius 1 is 1.21 bits per heavy atom. The average Bonchev–Trinajstić information content (AvgIpc) is 2.68. The monoisotopic (exact) mass is 441 g/mol. The molecular formula is C23H21BrFNO2. The van der Waals surface area contributed by atoms with E-state index in [0.29, 0.717) is 5.75 Å². The molecular weight excluding hydrogens is 421 g/mol. The SMILES string of the molecule is COc1ccc2cc(Br)ccc2c1CC(=O)N1c2ccc(F)cc2CCC1C. The Morgan fingerprint density at radius 2 is 2.04 bits per heavy atom. The van der Waals surface area contributed by atoms with Gasteiger partial charge in [0.1, 0.15) is 11.6 Å². The molecule has 0 aliphatic carbocycles. The van der Waals surface area contributed by atoms with Crippen LogP contribution in [0.3, 0.4) is 0 Å². The van der Waals surface area contributed by atoms with Gasteiger partial charge in [0, 0.05) is 21.8 Å². The Morgan fingerprint density at radius 3 is 2.82 bits per heavy atom. The molecule has 4 rings (SSSR count). The molecule has 144 valence electrons. The summed E-state index contributed by atoms with van der Waals surface area (Å²) in [6, 6.07) is 14.7. The van der Waals surface area contributed by atoms with Crippen molar-refractivity contribution in [3.05, 3.63) is 69.9 Å². The summed E-state index contributed by atoms with van der Waals surface area (Å²) in [7, 11) is 1.62. The highest BCUT2D eigenvalue weighted by Gasteiger charge is 2.29. The molecule has 3 nitrogen and oxygen atoms in total. The van der Waals surface area contributed by atoms with Crippen LogP contribution in [0.25, 0.3) is 10.8 Å². The van der Waals surface area contributed by atoms with E-state index in [0.717, 1.165) is 44.9 Å². The molecule has 3 aromatic carbocycles. The number of hydrogen-bond donors (Lipinski definition) is 0. The van der Waals surface area contributed by atoms with Gasteiger partial charge in [-0.1, -0.05) is 28.1 Å². The highest BCUT2D eigenvalue weighted by atomic mass is 79.9. The van der Waals surface area contributed by atoms with Gasteiger partial charge in [0.2, 0.25) is 5.91 Å². The molecule has 5 heteroatoms. The van der Waals surface area contributed by atoms with Crippen LogP contribution in [-0.4, -0.2) is 19.1 Å². The maximum atomic E-state index is 13.6. The van der Waals surface area contributed by atoms with Gasteiger partial charge in [-0.15, -0.1) is 0 Å². The lowest BCUT2D eigenvalue weighted by atomic mass is 9.94. The van der Waals surface area contributed by atoms with Crippen LogP contribution in [0.15, 0.2) is 53.0 Å². The van der Waals surface area contributed by atoms with Gasteiger partial charge in [-0.25, -0.2) is 4.39 Å². The fourth-order valence-electron chi connectivity index (χ4n) is 4.06. The van der Waals surface area contributed by atoms with Crippen LogP contribution in [0.4, 0.5) is 10.1 Å². The van der Waals surface area contributed by atoms with Crippen LogP contribution in [0.5, 0.6) is 5.75 Å². The van der Waals surface area contributed by atoms with Gasteiger partial charge < -0.3 is 9.64 Å². The van der Waals surface area contributed by atoms with E-state index < -0.39 is 0 Å². The quantitative estimate of drug-likeness (QED) is 0.524. The number of hydrogen-bond acceptors (Lipinski definition) is 2. The number of halogens is 2. The van der Waals surface area contributed by atoms with E-state index in [-0.39, 0.29) is 24.2 Å². The summed E-state index contributed by atoms with van der Waals surface area (Å²) >= 11 is 3.50. The maximum absolute atomic E-state index is 13.6. The van der Waals surface area contributed by atoms with E-state index in [4.69, 9.17) is 4.74 Å². The third kappa shape index (κ3) is 3.39. The zero-order valence-corrected chi connectivity index (χ0v) is 17.4. The number of nitrogens with zero attached hydrogens (tertiary/aromatic N) is 1. The molecule has 1 amide bonds. The van der Waals surface area contributed by atoms with E-state index in [9.17, 15) is 9.18 Å². The van der Waals surface area contributed by atoms with Gasteiger partial charge in [-0.3, -0.25) is 4.79 Å². The standard InChI is InChI=1S/C23H21BrFNO2/c1-14-3-4-16-12-18(25)7-9-21(16)26(14)23(27)13-20-19-8-6-17(24)11-15(19)5-10-22(20)28-2/h5-12,14H,3-4,13H2,1-2H3. The van der Waals surface area contributed by atoms with Crippen LogP contribution >= 0.6 is 15.9 Å². The summed E-state index contributed by atoms with van der Waals surface area (Å²) in [5.41, 5.74) is 2.58. The zero-order valence-electron chi connectivity index (χ0n) is 15.8. The third-order valence-corrected chi connectivity index (χ3v) is 5.93. The number of aryl methyl sites for hydroxylation is 1. The van der Waals surface area contributed by atoms with E-state index in [2.05, 4.69) is 15.9 Å². The van der Waals surface area contributed by atoms with Gasteiger partial charge in [0.15, 0.2) is 0 Å². The van der Waals surface area contributed by atoms with Gasteiger partial charge in [0.25, 0.3) is 0 Å². The highest BCUT2D eigenvalue weighted by molar-refractivity contribution is 9.10. The second-order valence-electron chi connectivity index (χ2n) is 7.21. The van der Waals surface area contributed by atoms with E-state index in [1.54, 1.807) is 13.2 Å². The largest absolute Gasteiger partial charge is 0.496 e. The molecule has 1 unspecified atom stereocenters. The van der Waals surface area contributed by atoms with Crippen molar-refractivity contribution in [3.8, 4) is 5.75 Å². The Bertz CT molecular complexity index is 1070. The number of rotatable bonds is 3. The molecule has 0 bridgehead atoms. The summed E-state index contributed by atoms with van der Waals surface area (Å²) in [6.07, 6.45) is 1.83. The van der Waals surface area contributed by atoms with Crippen LogP contribution in [0, 0.1) is 5.82 Å². The van der Waals surface area contributed by atoms with E-state index >= 15 is 0 Å². The normalized spacial score (nSPS) is 16.1. The molecule has 0 fully saturated rings. The summed E-state index contributed by atoms with van der Waals surface area (Å²) in [5.74, 6) is 0.433. The number of carbonyl (C=O) groups excluding carboxylic acids is 1. The molecule has 1 heterocycles. The Kier molecular flexibility index (Phi) is 5.11. The number of carbonyl (C=O) groups is 1. The second-order valence-corrected chi connectivity index (χ2v) is 8.13. The van der Waals surface area contributed by atoms with Crippen molar-refractivity contribution in [2.24, 2.45) is 0 Å². The minimum absolute atomic E-state index is 0.00576. The second kappa shape index (κ2) is 7.55. The fourth-order valence-corrected chi connectivity index (χ4v) is 4.43. The highest BCUT2D eigenvalue weighted by Crippen LogP contribution is 2.34. The van der Waals surface area contributed by atoms with Gasteiger partial charge in [-0.2, -0.15) is 0 Å². The molecule has 3 aromatic rings. The molecule has 1 aliphatic rings. The molecule has 0 spiro atoms. The summed E-state index contributed by atoms with van der Waals surface area (Å²) in [6.45, 7) is 2.04. The molecule has 0 saturated carbocycles. The lowest BCUT2D eigenvalue weighted by molar-refractivity contribution is -0.118. The third-order valence-electron chi connectivity index (χ3n) is 5.44. The lowest BCUT2D eigenvalue weighted by Gasteiger charge is -2.35. The first-order chi connectivity index (χ1) is 13.5. The molecule has 0 N–H and O–H groups in total. The van der Waals surface area contributed by atoms with Crippen LogP contribution in [0.2, 0.25) is 0 Å². The van der Waals surface area contributed by atoms with Crippen molar-refractivity contribution in [2.45, 2.75) is 32.2 Å². The first-order valence-electron chi connectivity index (χ1n) is 9.33. The van der Waals surface area contributed by atoms with Crippen molar-refractivity contribution < 1.29 is 13.9 Å². The van der Waals surface area contributed by atoms with Crippen LogP contribution in [0.1, 0.15) is 24.5 Å². The van der Waals surface area contributed by atoms with Crippen LogP contribution in [-0.2, 0) is 17.6 Å². The van der Waals surface area contributed by atoms with Crippen molar-refractivity contribution in [1.82, 2.24) is 0 Å². The number of anilines is 1. The van der Waals surface area contributed by atoms with Gasteiger partial charge >= 0.3 is 0 Å². The maximum Gasteiger partial charge on any atom is 0.231 e. The minimum Gasteiger partial charge on any atom is -0.496 e. The Balaban J connectivity index is 1.75. The van der Waals surface area contributed by atoms with E-state index in [1.807, 2.05) is 42.2 Å². The van der Waals surface area contributed by atoms with Crippen LogP contribution < -0.4 is 9.64 Å². The van der Waals surface area contributed by atoms with Crippen molar-refractivity contribution in [2.75, 3.05) is 12.0 Å². The fraction of sp³-hybridized carbons (Fsp3) is 0.261. The topological polar surface area (TPSA) is 29.5 Å². The molecule has 0 saturated heterocycles. The van der Waals surface area contributed by atoms with E-state index in [1.165, 1.54) is 12.1 Å². The Hall–Kier alpha value is -2.40. The van der Waals surface area contributed by atoms with Crippen molar-refractivity contribution in [1.29, 1.82) is 0 Å². The number of fused-ring (bicyclic) bond motifs is 2. The number of ether oxygens (including phenoxy) is 1. The van der Waals surface area contributed by atoms with Gasteiger partial charge in [0.05, 0.1) is 13.5 Å². The van der Waals surface area contributed by atoms with Crippen molar-refractivity contribution in [3.63, 3.8) is 0 Å². The lowest BCUT2D eigenvalue weighted by Crippen LogP contribution is -2.43. The van der Waals surface area contributed by atoms with Gasteiger partial charge in [-0.05, 0) is 72.5 Å². The number of benzene rings is 3.